The molecule has 0 N–H and O–H groups in total. The number of thioether (sulfide) groups is 1. The number of rotatable bonds is 12. The van der Waals surface area contributed by atoms with Crippen molar-refractivity contribution >= 4 is 29.0 Å². The van der Waals surface area contributed by atoms with Gasteiger partial charge in [-0.2, -0.15) is 0 Å². The lowest BCUT2D eigenvalue weighted by molar-refractivity contribution is 0.0740. The Bertz CT molecular complexity index is 1770. The Morgan fingerprint density at radius 1 is 0.930 bits per heavy atom. The standard InChI is InChI=1S/C33H29N5O3S2/c1-40-28-16-9-8-15-27(28)38-31(29-17-10-20-41-29)35-36-33(38)43-23-30-34-26(22-42-30)32(39)37(21-25-13-6-3-7-14-25)19-18-24-11-4-2-5-12-24/h2-17,20,22H,18-19,21,23H2,1H3. The molecule has 0 aliphatic carbocycles. The van der Waals surface area contributed by atoms with Crippen molar-refractivity contribution in [2.45, 2.75) is 23.9 Å². The Balaban J connectivity index is 1.21. The van der Waals surface area contributed by atoms with Crippen LogP contribution in [-0.4, -0.2) is 44.2 Å². The van der Waals surface area contributed by atoms with Gasteiger partial charge >= 0.3 is 0 Å². The number of thiazole rings is 1. The first kappa shape index (κ1) is 28.4. The van der Waals surface area contributed by atoms with Crippen LogP contribution in [0.15, 0.2) is 118 Å². The first-order valence-corrected chi connectivity index (χ1v) is 15.6. The van der Waals surface area contributed by atoms with Crippen LogP contribution < -0.4 is 4.74 Å². The van der Waals surface area contributed by atoms with Crippen LogP contribution in [-0.2, 0) is 18.7 Å². The Kier molecular flexibility index (Phi) is 8.96. The smallest absolute Gasteiger partial charge is 0.273 e. The topological polar surface area (TPSA) is 86.3 Å². The highest BCUT2D eigenvalue weighted by atomic mass is 32.2. The van der Waals surface area contributed by atoms with Gasteiger partial charge in [0, 0.05) is 18.5 Å². The number of hydrogen-bond donors (Lipinski definition) is 0. The second-order valence-electron chi connectivity index (χ2n) is 9.65. The van der Waals surface area contributed by atoms with Crippen LogP contribution in [0.3, 0.4) is 0 Å². The average molecular weight is 608 g/mol. The van der Waals surface area contributed by atoms with Crippen molar-refractivity contribution in [3.8, 4) is 23.0 Å². The maximum Gasteiger partial charge on any atom is 0.273 e. The molecular weight excluding hydrogens is 579 g/mol. The molecule has 0 spiro atoms. The van der Waals surface area contributed by atoms with Crippen molar-refractivity contribution in [2.24, 2.45) is 0 Å². The van der Waals surface area contributed by atoms with E-state index < -0.39 is 0 Å². The molecule has 43 heavy (non-hydrogen) atoms. The summed E-state index contributed by atoms with van der Waals surface area (Å²) in [6.07, 6.45) is 2.38. The number of hydrogen-bond acceptors (Lipinski definition) is 8. The molecule has 3 aromatic carbocycles. The van der Waals surface area contributed by atoms with Crippen LogP contribution in [0.4, 0.5) is 0 Å². The summed E-state index contributed by atoms with van der Waals surface area (Å²) in [4.78, 5) is 20.3. The van der Waals surface area contributed by atoms with E-state index in [1.54, 1.807) is 13.4 Å². The van der Waals surface area contributed by atoms with Crippen molar-refractivity contribution in [3.05, 3.63) is 131 Å². The van der Waals surface area contributed by atoms with Crippen LogP contribution in [0.25, 0.3) is 17.3 Å². The molecule has 0 aliphatic heterocycles. The van der Waals surface area contributed by atoms with E-state index in [1.807, 2.05) is 99.8 Å². The third-order valence-electron chi connectivity index (χ3n) is 6.81. The van der Waals surface area contributed by atoms with Gasteiger partial charge in [-0.25, -0.2) is 4.98 Å². The highest BCUT2D eigenvalue weighted by Gasteiger charge is 2.22. The van der Waals surface area contributed by atoms with E-state index in [1.165, 1.54) is 28.7 Å². The van der Waals surface area contributed by atoms with Gasteiger partial charge < -0.3 is 14.1 Å². The molecule has 6 rings (SSSR count). The summed E-state index contributed by atoms with van der Waals surface area (Å²) < 4.78 is 13.2. The van der Waals surface area contributed by atoms with Gasteiger partial charge in [-0.1, -0.05) is 84.6 Å². The zero-order chi connectivity index (χ0) is 29.4. The van der Waals surface area contributed by atoms with Gasteiger partial charge in [0.05, 0.1) is 24.8 Å². The van der Waals surface area contributed by atoms with Gasteiger partial charge in [0.1, 0.15) is 16.5 Å². The molecule has 3 aromatic heterocycles. The molecule has 216 valence electrons. The molecule has 0 radical (unpaired) electrons. The number of para-hydroxylation sites is 2. The molecule has 6 aromatic rings. The summed E-state index contributed by atoms with van der Waals surface area (Å²) in [6, 6.07) is 31.7. The zero-order valence-electron chi connectivity index (χ0n) is 23.5. The molecule has 8 nitrogen and oxygen atoms in total. The summed E-state index contributed by atoms with van der Waals surface area (Å²) in [6.45, 7) is 1.11. The fourth-order valence-electron chi connectivity index (χ4n) is 4.69. The Morgan fingerprint density at radius 2 is 1.67 bits per heavy atom. The molecule has 1 amide bonds. The first-order chi connectivity index (χ1) is 21.2. The molecule has 0 aliphatic rings. The van der Waals surface area contributed by atoms with E-state index in [-0.39, 0.29) is 5.91 Å². The lowest BCUT2D eigenvalue weighted by Gasteiger charge is -2.22. The van der Waals surface area contributed by atoms with Crippen LogP contribution in [0.5, 0.6) is 5.75 Å². The second kappa shape index (κ2) is 13.5. The van der Waals surface area contributed by atoms with Crippen LogP contribution >= 0.6 is 23.1 Å². The minimum Gasteiger partial charge on any atom is -0.495 e. The van der Waals surface area contributed by atoms with E-state index in [9.17, 15) is 4.79 Å². The molecule has 0 saturated carbocycles. The predicted molar refractivity (Wildman–Crippen MR) is 169 cm³/mol. The molecule has 10 heteroatoms. The number of amides is 1. The van der Waals surface area contributed by atoms with Crippen LogP contribution in [0.2, 0.25) is 0 Å². The zero-order valence-corrected chi connectivity index (χ0v) is 25.1. The minimum absolute atomic E-state index is 0.0791. The normalized spacial score (nSPS) is 11.0. The first-order valence-electron chi connectivity index (χ1n) is 13.8. The number of carbonyl (C=O) groups excluding carboxylic acids is 1. The monoisotopic (exact) mass is 607 g/mol. The summed E-state index contributed by atoms with van der Waals surface area (Å²) in [5.74, 6) is 2.30. The summed E-state index contributed by atoms with van der Waals surface area (Å²) in [5.41, 5.74) is 3.52. The average Bonchev–Trinajstić information content (AvgIpc) is 3.84. The third kappa shape index (κ3) is 6.71. The number of aromatic nitrogens is 4. The number of nitrogens with zero attached hydrogens (tertiary/aromatic N) is 5. The fraction of sp³-hybridized carbons (Fsp3) is 0.152. The van der Waals surface area contributed by atoms with Crippen LogP contribution in [0.1, 0.15) is 26.6 Å². The highest BCUT2D eigenvalue weighted by molar-refractivity contribution is 7.98. The summed E-state index contributed by atoms with van der Waals surface area (Å²) in [7, 11) is 1.64. The van der Waals surface area contributed by atoms with E-state index in [0.717, 1.165) is 22.7 Å². The van der Waals surface area contributed by atoms with Gasteiger partial charge in [-0.3, -0.25) is 9.36 Å². The number of ether oxygens (including phenoxy) is 1. The minimum atomic E-state index is -0.0791. The predicted octanol–water partition coefficient (Wildman–Crippen LogP) is 7.17. The van der Waals surface area contributed by atoms with E-state index in [4.69, 9.17) is 14.1 Å². The van der Waals surface area contributed by atoms with E-state index in [2.05, 4.69) is 22.3 Å². The number of methoxy groups -OCH3 is 1. The lowest BCUT2D eigenvalue weighted by atomic mass is 10.1. The van der Waals surface area contributed by atoms with Gasteiger partial charge in [-0.05, 0) is 41.8 Å². The van der Waals surface area contributed by atoms with Crippen molar-refractivity contribution < 1.29 is 13.9 Å². The Labute approximate surface area is 258 Å². The molecule has 0 atom stereocenters. The summed E-state index contributed by atoms with van der Waals surface area (Å²) >= 11 is 2.96. The van der Waals surface area contributed by atoms with Crippen LogP contribution in [0, 0.1) is 0 Å². The number of furan rings is 1. The Hall–Kier alpha value is -4.67. The van der Waals surface area contributed by atoms with Gasteiger partial charge in [-0.15, -0.1) is 21.5 Å². The maximum absolute atomic E-state index is 13.7. The third-order valence-corrected chi connectivity index (χ3v) is 8.79. The van der Waals surface area contributed by atoms with Crippen molar-refractivity contribution in [1.82, 2.24) is 24.6 Å². The van der Waals surface area contributed by atoms with E-state index >= 15 is 0 Å². The quantitative estimate of drug-likeness (QED) is 0.136. The number of benzene rings is 3. The van der Waals surface area contributed by atoms with Gasteiger partial charge in [0.2, 0.25) is 5.82 Å². The molecule has 3 heterocycles. The number of carbonyl (C=O) groups is 1. The molecule has 0 unspecified atom stereocenters. The second-order valence-corrected chi connectivity index (χ2v) is 11.5. The molecular formula is C33H29N5O3S2. The largest absolute Gasteiger partial charge is 0.495 e. The van der Waals surface area contributed by atoms with Gasteiger partial charge in [0.15, 0.2) is 10.9 Å². The molecule has 0 fully saturated rings. The summed E-state index contributed by atoms with van der Waals surface area (Å²) in [5, 5.41) is 12.2. The SMILES string of the molecule is COc1ccccc1-n1c(SCc2nc(C(=O)N(CCc3ccccc3)Cc3ccccc3)cs2)nnc1-c1ccco1. The highest BCUT2D eigenvalue weighted by Crippen LogP contribution is 2.34. The van der Waals surface area contributed by atoms with Gasteiger partial charge in [0.25, 0.3) is 5.91 Å². The maximum atomic E-state index is 13.7. The van der Waals surface area contributed by atoms with Crippen molar-refractivity contribution in [2.75, 3.05) is 13.7 Å². The molecule has 0 saturated heterocycles. The molecule has 0 bridgehead atoms. The van der Waals surface area contributed by atoms with Crippen molar-refractivity contribution in [1.29, 1.82) is 0 Å². The van der Waals surface area contributed by atoms with Crippen molar-refractivity contribution in [3.63, 3.8) is 0 Å². The van der Waals surface area contributed by atoms with E-state index in [0.29, 0.717) is 47.0 Å². The fourth-order valence-corrected chi connectivity index (χ4v) is 6.42. The Morgan fingerprint density at radius 3 is 2.42 bits per heavy atom. The lowest BCUT2D eigenvalue weighted by Crippen LogP contribution is -2.32.